The van der Waals surface area contributed by atoms with Crippen LogP contribution in [0.3, 0.4) is 0 Å². The van der Waals surface area contributed by atoms with Crippen LogP contribution in [0.25, 0.3) is 11.4 Å². The highest BCUT2D eigenvalue weighted by Crippen LogP contribution is 2.37. The van der Waals surface area contributed by atoms with E-state index < -0.39 is 23.9 Å². The fourth-order valence-electron chi connectivity index (χ4n) is 4.94. The lowest BCUT2D eigenvalue weighted by Crippen LogP contribution is -2.44. The van der Waals surface area contributed by atoms with Crippen molar-refractivity contribution in [3.05, 3.63) is 65.7 Å². The maximum absolute atomic E-state index is 12.7. The second-order valence-corrected chi connectivity index (χ2v) is 9.70. The second kappa shape index (κ2) is 12.3. The van der Waals surface area contributed by atoms with E-state index in [-0.39, 0.29) is 29.9 Å². The number of aromatic nitrogens is 2. The van der Waals surface area contributed by atoms with Crippen LogP contribution in [0, 0.1) is 5.92 Å². The van der Waals surface area contributed by atoms with Crippen LogP contribution in [-0.2, 0) is 11.0 Å². The molecule has 39 heavy (non-hydrogen) atoms. The molecule has 1 fully saturated rings. The summed E-state index contributed by atoms with van der Waals surface area (Å²) < 4.78 is 47.9. The first kappa shape index (κ1) is 28.1. The van der Waals surface area contributed by atoms with Crippen LogP contribution < -0.4 is 15.4 Å². The number of hydrogen-bond acceptors (Lipinski definition) is 7. The van der Waals surface area contributed by atoms with Crippen LogP contribution in [0.5, 0.6) is 6.08 Å². The van der Waals surface area contributed by atoms with Gasteiger partial charge in [-0.15, -0.1) is 0 Å². The van der Waals surface area contributed by atoms with E-state index in [2.05, 4.69) is 51.9 Å². The summed E-state index contributed by atoms with van der Waals surface area (Å²) in [5.74, 6) is 0.0766. The number of hydrogen-bond donors (Lipinski definition) is 2. The molecule has 1 aliphatic rings. The zero-order chi connectivity index (χ0) is 28.0. The maximum Gasteiger partial charge on any atom is 0.426 e. The molecule has 0 radical (unpaired) electrons. The molecule has 1 aromatic heterocycles. The van der Waals surface area contributed by atoms with E-state index in [1.807, 2.05) is 18.2 Å². The number of carbonyl (C=O) groups is 2. The van der Waals surface area contributed by atoms with Crippen molar-refractivity contribution in [2.45, 2.75) is 43.9 Å². The highest BCUT2D eigenvalue weighted by molar-refractivity contribution is 5.82. The normalized spacial score (nSPS) is 18.4. The van der Waals surface area contributed by atoms with E-state index in [4.69, 9.17) is 9.26 Å². The Balaban J connectivity index is 1.20. The molecule has 2 N–H and O–H groups in total. The molecule has 0 saturated heterocycles. The van der Waals surface area contributed by atoms with Crippen molar-refractivity contribution in [3.8, 4) is 17.5 Å². The number of alkyl halides is 3. The summed E-state index contributed by atoms with van der Waals surface area (Å²) in [5.41, 5.74) is 0.712. The van der Waals surface area contributed by atoms with Gasteiger partial charge in [0.2, 0.25) is 11.7 Å². The molecule has 0 aliphatic heterocycles. The third-order valence-electron chi connectivity index (χ3n) is 6.73. The molecule has 0 spiro atoms. The molecular weight excluding hydrogens is 515 g/mol. The van der Waals surface area contributed by atoms with Gasteiger partial charge in [-0.1, -0.05) is 47.6 Å². The zero-order valence-electron chi connectivity index (χ0n) is 21.6. The Hall–Kier alpha value is -3.93. The Kier molecular flexibility index (Phi) is 8.85. The minimum atomic E-state index is -4.47. The quantitative estimate of drug-likeness (QED) is 0.418. The smallest absolute Gasteiger partial charge is 0.359 e. The van der Waals surface area contributed by atoms with Crippen molar-refractivity contribution in [1.82, 2.24) is 25.7 Å². The fourth-order valence-corrected chi connectivity index (χ4v) is 4.94. The first-order valence-corrected chi connectivity index (χ1v) is 12.6. The van der Waals surface area contributed by atoms with Crippen LogP contribution in [0.15, 0.2) is 59.1 Å². The Morgan fingerprint density at radius 2 is 1.72 bits per heavy atom. The monoisotopic (exact) mass is 545 g/mol. The molecule has 2 aromatic carbocycles. The summed E-state index contributed by atoms with van der Waals surface area (Å²) in [7, 11) is 4.17. The SMILES string of the molecule is CN(C)C(c1ccccc1)C1CCC(NC(=O)CNC(=O)Oc2nc(-c3ccc(C(F)(F)F)cc3)no2)CC1. The highest BCUT2D eigenvalue weighted by Gasteiger charge is 2.31. The first-order chi connectivity index (χ1) is 18.6. The van der Waals surface area contributed by atoms with E-state index in [0.717, 1.165) is 37.8 Å². The zero-order valence-corrected chi connectivity index (χ0v) is 21.6. The molecule has 0 bridgehead atoms. The number of rotatable bonds is 8. The van der Waals surface area contributed by atoms with Crippen LogP contribution in [-0.4, -0.2) is 53.7 Å². The number of ether oxygens (including phenoxy) is 1. The molecule has 9 nitrogen and oxygen atoms in total. The number of benzene rings is 2. The number of halogens is 3. The predicted molar refractivity (Wildman–Crippen MR) is 136 cm³/mol. The van der Waals surface area contributed by atoms with Crippen molar-refractivity contribution < 1.29 is 32.0 Å². The number of nitrogens with one attached hydrogen (secondary N) is 2. The molecule has 1 aliphatic carbocycles. The Morgan fingerprint density at radius 1 is 1.05 bits per heavy atom. The molecule has 12 heteroatoms. The van der Waals surface area contributed by atoms with Gasteiger partial charge in [-0.05, 0) is 63.4 Å². The van der Waals surface area contributed by atoms with Crippen molar-refractivity contribution in [1.29, 1.82) is 0 Å². The third kappa shape index (κ3) is 7.56. The molecule has 1 unspecified atom stereocenters. The Bertz CT molecular complexity index is 1240. The van der Waals surface area contributed by atoms with Gasteiger partial charge in [0, 0.05) is 17.6 Å². The van der Waals surface area contributed by atoms with E-state index in [1.54, 1.807) is 0 Å². The predicted octanol–water partition coefficient (Wildman–Crippen LogP) is 4.82. The van der Waals surface area contributed by atoms with Gasteiger partial charge in [0.25, 0.3) is 0 Å². The summed E-state index contributed by atoms with van der Waals surface area (Å²) >= 11 is 0. The number of amides is 2. The second-order valence-electron chi connectivity index (χ2n) is 9.70. The van der Waals surface area contributed by atoms with Crippen LogP contribution >= 0.6 is 0 Å². The van der Waals surface area contributed by atoms with E-state index in [1.165, 1.54) is 17.7 Å². The van der Waals surface area contributed by atoms with Crippen molar-refractivity contribution >= 4 is 12.0 Å². The van der Waals surface area contributed by atoms with Crippen molar-refractivity contribution in [2.75, 3.05) is 20.6 Å². The van der Waals surface area contributed by atoms with Crippen LogP contribution in [0.1, 0.15) is 42.9 Å². The largest absolute Gasteiger partial charge is 0.426 e. The standard InChI is InChI=1S/C27H30F3N5O4/c1-35(2)23(17-6-4-3-5-7-17)18-10-14-21(15-11-18)32-22(36)16-31-25(37)38-26-33-24(34-39-26)19-8-12-20(13-9-19)27(28,29)30/h3-9,12-13,18,21,23H,10-11,14-16H2,1-2H3,(H,31,37)(H,32,36). The average molecular weight is 546 g/mol. The molecule has 208 valence electrons. The fraction of sp³-hybridized carbons (Fsp3) is 0.407. The molecular formula is C27H30F3N5O4. The van der Waals surface area contributed by atoms with Gasteiger partial charge in [0.05, 0.1) is 5.56 Å². The molecule has 2 amide bonds. The molecule has 1 heterocycles. The van der Waals surface area contributed by atoms with Gasteiger partial charge in [0.15, 0.2) is 0 Å². The summed E-state index contributed by atoms with van der Waals surface area (Å²) in [6.45, 7) is -0.303. The molecule has 1 saturated carbocycles. The minimum absolute atomic E-state index is 0.0207. The summed E-state index contributed by atoms with van der Waals surface area (Å²) in [5, 5.41) is 8.88. The maximum atomic E-state index is 12.7. The third-order valence-corrected chi connectivity index (χ3v) is 6.73. The number of nitrogens with zero attached hydrogens (tertiary/aromatic N) is 3. The van der Waals surface area contributed by atoms with Gasteiger partial charge < -0.3 is 20.3 Å². The molecule has 4 rings (SSSR count). The lowest BCUT2D eigenvalue weighted by Gasteiger charge is -2.37. The van der Waals surface area contributed by atoms with Crippen molar-refractivity contribution in [3.63, 3.8) is 0 Å². The summed E-state index contributed by atoms with van der Waals surface area (Å²) in [4.78, 5) is 30.5. The van der Waals surface area contributed by atoms with Crippen LogP contribution in [0.2, 0.25) is 0 Å². The Labute approximate surface area is 223 Å². The lowest BCUT2D eigenvalue weighted by molar-refractivity contribution is -0.137. The van der Waals surface area contributed by atoms with Gasteiger partial charge in [0.1, 0.15) is 6.54 Å². The molecule has 1 atom stereocenters. The summed E-state index contributed by atoms with van der Waals surface area (Å²) in [6.07, 6.45) is -2.33. The van der Waals surface area contributed by atoms with Gasteiger partial charge in [-0.2, -0.15) is 18.2 Å². The Morgan fingerprint density at radius 3 is 2.33 bits per heavy atom. The summed E-state index contributed by atoms with van der Waals surface area (Å²) in [6, 6.07) is 14.8. The number of carbonyl (C=O) groups excluding carboxylic acids is 2. The molecule has 3 aromatic rings. The highest BCUT2D eigenvalue weighted by atomic mass is 19.4. The topological polar surface area (TPSA) is 110 Å². The van der Waals surface area contributed by atoms with E-state index >= 15 is 0 Å². The average Bonchev–Trinajstić information content (AvgIpc) is 3.37. The van der Waals surface area contributed by atoms with E-state index in [9.17, 15) is 22.8 Å². The van der Waals surface area contributed by atoms with Crippen molar-refractivity contribution in [2.24, 2.45) is 5.92 Å². The van der Waals surface area contributed by atoms with Gasteiger partial charge >= 0.3 is 18.3 Å². The van der Waals surface area contributed by atoms with Gasteiger partial charge in [-0.3, -0.25) is 9.32 Å². The minimum Gasteiger partial charge on any atom is -0.359 e. The first-order valence-electron chi connectivity index (χ1n) is 12.6. The lowest BCUT2D eigenvalue weighted by atomic mass is 9.78. The van der Waals surface area contributed by atoms with Gasteiger partial charge in [-0.25, -0.2) is 4.79 Å². The van der Waals surface area contributed by atoms with E-state index in [0.29, 0.717) is 12.0 Å². The van der Waals surface area contributed by atoms with Crippen LogP contribution in [0.4, 0.5) is 18.0 Å².